The Kier molecular flexibility index (Phi) is 4.91. The summed E-state index contributed by atoms with van der Waals surface area (Å²) in [4.78, 5) is 11.8. The van der Waals surface area contributed by atoms with Gasteiger partial charge in [-0.1, -0.05) is 30.3 Å². The fourth-order valence-corrected chi connectivity index (χ4v) is 2.60. The van der Waals surface area contributed by atoms with E-state index >= 15 is 0 Å². The molecule has 0 bridgehead atoms. The molecule has 116 valence electrons. The molecule has 1 amide bonds. The van der Waals surface area contributed by atoms with Crippen LogP contribution in [0.5, 0.6) is 0 Å². The van der Waals surface area contributed by atoms with Crippen LogP contribution in [0.25, 0.3) is 6.08 Å². The number of nitrogens with zero attached hydrogens (tertiary/aromatic N) is 1. The molecule has 7 heteroatoms. The maximum absolute atomic E-state index is 11.9. The number of nitrogens with two attached hydrogens (primary N) is 1. The third-order valence-corrected chi connectivity index (χ3v) is 3.92. The molecule has 0 aliphatic carbocycles. The molecule has 0 radical (unpaired) electrons. The first-order chi connectivity index (χ1) is 10.9. The standard InChI is InChI=1S/C16H13N3O3S/c17-11-13-6-2-1-5-12(13)9-10-16(20)19-14-7-3-4-8-15(14)23(18,21)22/h1-10H,(H,19,20)(H2,18,21,22). The summed E-state index contributed by atoms with van der Waals surface area (Å²) in [5, 5.41) is 16.5. The van der Waals surface area contributed by atoms with Crippen LogP contribution >= 0.6 is 0 Å². The van der Waals surface area contributed by atoms with E-state index in [2.05, 4.69) is 5.32 Å². The zero-order valence-corrected chi connectivity index (χ0v) is 12.7. The van der Waals surface area contributed by atoms with Crippen molar-refractivity contribution in [2.75, 3.05) is 5.32 Å². The Hall–Kier alpha value is -2.95. The summed E-state index contributed by atoms with van der Waals surface area (Å²) >= 11 is 0. The molecule has 2 aromatic rings. The highest BCUT2D eigenvalue weighted by Gasteiger charge is 2.14. The van der Waals surface area contributed by atoms with E-state index in [1.165, 1.54) is 30.4 Å². The molecule has 6 nitrogen and oxygen atoms in total. The Morgan fingerprint density at radius 2 is 1.78 bits per heavy atom. The maximum atomic E-state index is 11.9. The molecule has 23 heavy (non-hydrogen) atoms. The second kappa shape index (κ2) is 6.87. The number of carbonyl (C=O) groups excluding carboxylic acids is 1. The summed E-state index contributed by atoms with van der Waals surface area (Å²) < 4.78 is 22.9. The van der Waals surface area contributed by atoms with E-state index in [0.29, 0.717) is 11.1 Å². The van der Waals surface area contributed by atoms with Crippen LogP contribution in [0.15, 0.2) is 59.5 Å². The lowest BCUT2D eigenvalue weighted by atomic mass is 10.1. The van der Waals surface area contributed by atoms with Crippen LogP contribution in [0.4, 0.5) is 5.69 Å². The average Bonchev–Trinajstić information content (AvgIpc) is 2.52. The number of sulfonamides is 1. The molecular formula is C16H13N3O3S. The largest absolute Gasteiger partial charge is 0.321 e. The number of para-hydroxylation sites is 1. The molecule has 0 aromatic heterocycles. The van der Waals surface area contributed by atoms with Gasteiger partial charge in [0.1, 0.15) is 4.90 Å². The van der Waals surface area contributed by atoms with Crippen molar-refractivity contribution in [3.05, 3.63) is 65.7 Å². The molecule has 0 aliphatic heterocycles. The van der Waals surface area contributed by atoms with E-state index in [9.17, 15) is 13.2 Å². The van der Waals surface area contributed by atoms with Crippen molar-refractivity contribution in [1.82, 2.24) is 0 Å². The van der Waals surface area contributed by atoms with Gasteiger partial charge in [-0.2, -0.15) is 5.26 Å². The fourth-order valence-electron chi connectivity index (χ4n) is 1.90. The van der Waals surface area contributed by atoms with Crippen molar-refractivity contribution in [1.29, 1.82) is 5.26 Å². The van der Waals surface area contributed by atoms with Crippen molar-refractivity contribution < 1.29 is 13.2 Å². The molecule has 0 saturated heterocycles. The lowest BCUT2D eigenvalue weighted by Gasteiger charge is -2.07. The number of rotatable bonds is 4. The zero-order chi connectivity index (χ0) is 16.9. The van der Waals surface area contributed by atoms with Gasteiger partial charge >= 0.3 is 0 Å². The first-order valence-electron chi connectivity index (χ1n) is 6.52. The van der Waals surface area contributed by atoms with E-state index in [1.807, 2.05) is 6.07 Å². The Morgan fingerprint density at radius 3 is 2.48 bits per heavy atom. The zero-order valence-electron chi connectivity index (χ0n) is 11.9. The number of primary sulfonamides is 1. The number of benzene rings is 2. The number of hydrogen-bond donors (Lipinski definition) is 2. The molecule has 0 aliphatic rings. The minimum Gasteiger partial charge on any atom is -0.321 e. The van der Waals surface area contributed by atoms with E-state index in [-0.39, 0.29) is 10.6 Å². The lowest BCUT2D eigenvalue weighted by molar-refractivity contribution is -0.111. The average molecular weight is 327 g/mol. The van der Waals surface area contributed by atoms with Crippen LogP contribution in [0.1, 0.15) is 11.1 Å². The minimum absolute atomic E-state index is 0.0956. The van der Waals surface area contributed by atoms with Crippen molar-refractivity contribution in [2.24, 2.45) is 5.14 Å². The van der Waals surface area contributed by atoms with Gasteiger partial charge < -0.3 is 5.32 Å². The second-order valence-corrected chi connectivity index (χ2v) is 6.09. The van der Waals surface area contributed by atoms with Crippen LogP contribution in [0.3, 0.4) is 0 Å². The molecule has 0 unspecified atom stereocenters. The molecule has 2 aromatic carbocycles. The molecule has 0 saturated carbocycles. The summed E-state index contributed by atoms with van der Waals surface area (Å²) in [5.41, 5.74) is 1.12. The van der Waals surface area contributed by atoms with Crippen LogP contribution in [0.2, 0.25) is 0 Å². The maximum Gasteiger partial charge on any atom is 0.248 e. The van der Waals surface area contributed by atoms with E-state index in [4.69, 9.17) is 10.4 Å². The van der Waals surface area contributed by atoms with Gasteiger partial charge in [-0.05, 0) is 29.8 Å². The highest BCUT2D eigenvalue weighted by Crippen LogP contribution is 2.19. The summed E-state index contributed by atoms with van der Waals surface area (Å²) in [7, 11) is -3.94. The quantitative estimate of drug-likeness (QED) is 0.834. The van der Waals surface area contributed by atoms with Crippen molar-refractivity contribution in [3.8, 4) is 6.07 Å². The highest BCUT2D eigenvalue weighted by molar-refractivity contribution is 7.89. The topological polar surface area (TPSA) is 113 Å². The predicted octanol–water partition coefficient (Wildman–Crippen LogP) is 1.86. The summed E-state index contributed by atoms with van der Waals surface area (Å²) in [5.74, 6) is -0.533. The first kappa shape index (κ1) is 16.4. The number of carbonyl (C=O) groups is 1. The van der Waals surface area contributed by atoms with Gasteiger partial charge in [-0.15, -0.1) is 0 Å². The van der Waals surface area contributed by atoms with Crippen molar-refractivity contribution >= 4 is 27.7 Å². The van der Waals surface area contributed by atoms with Gasteiger partial charge in [0.05, 0.1) is 17.3 Å². The molecule has 0 fully saturated rings. The predicted molar refractivity (Wildman–Crippen MR) is 86.6 cm³/mol. The molecule has 0 atom stereocenters. The molecule has 3 N–H and O–H groups in total. The van der Waals surface area contributed by atoms with E-state index < -0.39 is 15.9 Å². The van der Waals surface area contributed by atoms with Gasteiger partial charge in [0.25, 0.3) is 0 Å². The smallest absolute Gasteiger partial charge is 0.248 e. The van der Waals surface area contributed by atoms with Crippen LogP contribution in [-0.2, 0) is 14.8 Å². The van der Waals surface area contributed by atoms with Gasteiger partial charge in [-0.3, -0.25) is 4.79 Å². The number of anilines is 1. The van der Waals surface area contributed by atoms with Crippen LogP contribution < -0.4 is 10.5 Å². The molecule has 2 rings (SSSR count). The SMILES string of the molecule is N#Cc1ccccc1C=CC(=O)Nc1ccccc1S(N)(=O)=O. The Balaban J connectivity index is 2.22. The van der Waals surface area contributed by atoms with Crippen LogP contribution in [0, 0.1) is 11.3 Å². The van der Waals surface area contributed by atoms with Crippen LogP contribution in [-0.4, -0.2) is 14.3 Å². The van der Waals surface area contributed by atoms with E-state index in [1.54, 1.807) is 30.3 Å². The number of nitrogens with one attached hydrogen (secondary N) is 1. The van der Waals surface area contributed by atoms with E-state index in [0.717, 1.165) is 0 Å². The second-order valence-electron chi connectivity index (χ2n) is 4.56. The van der Waals surface area contributed by atoms with Gasteiger partial charge in [0.15, 0.2) is 0 Å². The molecule has 0 heterocycles. The fraction of sp³-hybridized carbons (Fsp3) is 0. The number of hydrogen-bond acceptors (Lipinski definition) is 4. The summed E-state index contributed by atoms with van der Waals surface area (Å²) in [6, 6.07) is 14.6. The van der Waals surface area contributed by atoms with Gasteiger partial charge in [-0.25, -0.2) is 13.6 Å². The third kappa shape index (κ3) is 4.26. The highest BCUT2D eigenvalue weighted by atomic mass is 32.2. The normalized spacial score (nSPS) is 11.1. The van der Waals surface area contributed by atoms with Gasteiger partial charge in [0, 0.05) is 6.08 Å². The van der Waals surface area contributed by atoms with Crippen molar-refractivity contribution in [2.45, 2.75) is 4.90 Å². The minimum atomic E-state index is -3.94. The summed E-state index contributed by atoms with van der Waals surface area (Å²) in [6.45, 7) is 0. The van der Waals surface area contributed by atoms with Crippen molar-refractivity contribution in [3.63, 3.8) is 0 Å². The van der Waals surface area contributed by atoms with Gasteiger partial charge in [0.2, 0.25) is 15.9 Å². The Labute approximate surface area is 133 Å². The third-order valence-electron chi connectivity index (χ3n) is 2.95. The Morgan fingerprint density at radius 1 is 1.13 bits per heavy atom. The Bertz CT molecular complexity index is 912. The molecule has 0 spiro atoms. The first-order valence-corrected chi connectivity index (χ1v) is 8.06. The lowest BCUT2D eigenvalue weighted by Crippen LogP contribution is -2.17. The molecular weight excluding hydrogens is 314 g/mol. The summed E-state index contributed by atoms with van der Waals surface area (Å²) in [6.07, 6.45) is 2.70. The number of nitriles is 1. The monoisotopic (exact) mass is 327 g/mol. The number of amides is 1.